The Balaban J connectivity index is 0. The second-order valence-electron chi connectivity index (χ2n) is 2.93. The fourth-order valence-electron chi connectivity index (χ4n) is 0.713. The van der Waals surface area contributed by atoms with Crippen molar-refractivity contribution >= 4 is 40.8 Å². The summed E-state index contributed by atoms with van der Waals surface area (Å²) in [6.45, 7) is 6.31. The van der Waals surface area contributed by atoms with Gasteiger partial charge in [0.15, 0.2) is 0 Å². The average molecular weight is 278 g/mol. The first-order valence-corrected chi connectivity index (χ1v) is 6.27. The number of hydrogen-bond donors (Lipinski definition) is 0. The van der Waals surface area contributed by atoms with Gasteiger partial charge in [-0.15, -0.1) is 0 Å². The quantitative estimate of drug-likeness (QED) is 0.429. The van der Waals surface area contributed by atoms with Gasteiger partial charge in [-0.2, -0.15) is 0 Å². The van der Waals surface area contributed by atoms with E-state index in [-0.39, 0.29) is 6.61 Å². The van der Waals surface area contributed by atoms with Gasteiger partial charge in [-0.25, -0.2) is 4.79 Å². The summed E-state index contributed by atoms with van der Waals surface area (Å²) in [4.78, 5) is 10.4. The Kier molecular flexibility index (Phi) is 12.8. The van der Waals surface area contributed by atoms with Crippen LogP contribution >= 0.6 is 34.8 Å². The third-order valence-electron chi connectivity index (χ3n) is 1.46. The summed E-state index contributed by atoms with van der Waals surface area (Å²) in [6.07, 6.45) is 5.54. The highest BCUT2D eigenvalue weighted by molar-refractivity contribution is 6.75. The third kappa shape index (κ3) is 14.3. The van der Waals surface area contributed by atoms with Gasteiger partial charge in [-0.1, -0.05) is 74.3 Å². The van der Waals surface area contributed by atoms with Crippen LogP contribution in [0.3, 0.4) is 0 Å². The van der Waals surface area contributed by atoms with E-state index < -0.39 is 9.76 Å². The van der Waals surface area contributed by atoms with Crippen molar-refractivity contribution in [3.63, 3.8) is 0 Å². The molecule has 0 aliphatic rings. The van der Waals surface area contributed by atoms with Crippen LogP contribution in [0.1, 0.15) is 46.5 Å². The van der Waals surface area contributed by atoms with Gasteiger partial charge in [-0.3, -0.25) is 0 Å². The van der Waals surface area contributed by atoms with Crippen molar-refractivity contribution in [2.45, 2.75) is 50.2 Å². The fraction of sp³-hybridized carbons (Fsp3) is 0.900. The number of rotatable bonds is 4. The lowest BCUT2D eigenvalue weighted by Gasteiger charge is -2.07. The topological polar surface area (TPSA) is 26.3 Å². The highest BCUT2D eigenvalue weighted by Gasteiger charge is 2.31. The van der Waals surface area contributed by atoms with Gasteiger partial charge in [-0.05, 0) is 6.92 Å². The molecule has 0 unspecified atom stereocenters. The minimum absolute atomic E-state index is 0.215. The Labute approximate surface area is 107 Å². The Bertz CT molecular complexity index is 151. The molecular formula is C10H19Cl3O2. The average Bonchev–Trinajstić information content (AvgIpc) is 2.15. The summed E-state index contributed by atoms with van der Waals surface area (Å²) in [5.41, 5.74) is 0. The smallest absolute Gasteiger partial charge is 0.358 e. The van der Waals surface area contributed by atoms with Crippen molar-refractivity contribution < 1.29 is 9.53 Å². The van der Waals surface area contributed by atoms with Crippen molar-refractivity contribution in [3.05, 3.63) is 0 Å². The number of carbonyl (C=O) groups excluding carboxylic acids is 1. The van der Waals surface area contributed by atoms with E-state index in [2.05, 4.69) is 18.6 Å². The molecule has 0 aliphatic carbocycles. The largest absolute Gasteiger partial charge is 0.463 e. The van der Waals surface area contributed by atoms with Gasteiger partial charge < -0.3 is 4.74 Å². The lowest BCUT2D eigenvalue weighted by molar-refractivity contribution is -0.141. The van der Waals surface area contributed by atoms with E-state index in [1.54, 1.807) is 6.92 Å². The summed E-state index contributed by atoms with van der Waals surface area (Å²) in [5.74, 6) is -0.838. The maximum atomic E-state index is 10.4. The second kappa shape index (κ2) is 10.8. The molecular weight excluding hydrogens is 258 g/mol. The molecule has 0 atom stereocenters. The van der Waals surface area contributed by atoms with Crippen LogP contribution < -0.4 is 0 Å². The molecule has 5 heteroatoms. The molecule has 0 saturated heterocycles. The van der Waals surface area contributed by atoms with Crippen LogP contribution in [0.15, 0.2) is 0 Å². The molecule has 0 saturated carbocycles. The van der Waals surface area contributed by atoms with E-state index in [0.29, 0.717) is 0 Å². The van der Waals surface area contributed by atoms with E-state index in [0.717, 1.165) is 0 Å². The highest BCUT2D eigenvalue weighted by Crippen LogP contribution is 2.27. The van der Waals surface area contributed by atoms with Gasteiger partial charge in [0.1, 0.15) is 0 Å². The SMILES string of the molecule is CCCCCC.CCOC(=O)C(Cl)(Cl)Cl. The molecule has 0 radical (unpaired) electrons. The number of hydrogen-bond acceptors (Lipinski definition) is 2. The number of ether oxygens (including phenoxy) is 1. The Morgan fingerprint density at radius 1 is 1.07 bits per heavy atom. The molecule has 2 nitrogen and oxygen atoms in total. The number of esters is 1. The first-order valence-electron chi connectivity index (χ1n) is 5.14. The zero-order valence-electron chi connectivity index (χ0n) is 9.49. The zero-order valence-corrected chi connectivity index (χ0v) is 11.8. The maximum absolute atomic E-state index is 10.4. The molecule has 0 aromatic heterocycles. The van der Waals surface area contributed by atoms with Crippen LogP contribution in [0.4, 0.5) is 0 Å². The molecule has 0 fully saturated rings. The van der Waals surface area contributed by atoms with Gasteiger partial charge in [0.05, 0.1) is 6.61 Å². The number of halogens is 3. The van der Waals surface area contributed by atoms with Crippen LogP contribution in [0.2, 0.25) is 0 Å². The summed E-state index contributed by atoms with van der Waals surface area (Å²) in [5, 5.41) is 0. The van der Waals surface area contributed by atoms with Crippen LogP contribution in [0, 0.1) is 0 Å². The Hall–Kier alpha value is 0.340. The summed E-state index contributed by atoms with van der Waals surface area (Å²) in [6, 6.07) is 0. The fourth-order valence-corrected chi connectivity index (χ4v) is 0.877. The monoisotopic (exact) mass is 276 g/mol. The van der Waals surface area contributed by atoms with E-state index in [4.69, 9.17) is 34.8 Å². The van der Waals surface area contributed by atoms with E-state index in [1.807, 2.05) is 0 Å². The first-order chi connectivity index (χ1) is 6.90. The lowest BCUT2D eigenvalue weighted by atomic mass is 10.2. The minimum atomic E-state index is -1.93. The van der Waals surface area contributed by atoms with Crippen molar-refractivity contribution in [1.82, 2.24) is 0 Å². The van der Waals surface area contributed by atoms with Crippen molar-refractivity contribution in [3.8, 4) is 0 Å². The zero-order chi connectivity index (χ0) is 12.3. The van der Waals surface area contributed by atoms with Crippen LogP contribution in [0.25, 0.3) is 0 Å². The molecule has 0 amide bonds. The molecule has 0 N–H and O–H groups in total. The second-order valence-corrected chi connectivity index (χ2v) is 5.21. The van der Waals surface area contributed by atoms with Gasteiger partial charge >= 0.3 is 5.97 Å². The van der Waals surface area contributed by atoms with Crippen LogP contribution in [0.5, 0.6) is 0 Å². The normalized spacial score (nSPS) is 10.3. The molecule has 0 rings (SSSR count). The molecule has 0 heterocycles. The van der Waals surface area contributed by atoms with Crippen molar-refractivity contribution in [2.75, 3.05) is 6.61 Å². The molecule has 0 aromatic carbocycles. The predicted octanol–water partition coefficient (Wildman–Crippen LogP) is 4.51. The Morgan fingerprint density at radius 2 is 1.47 bits per heavy atom. The standard InChI is InChI=1S/C6H14.C4H5Cl3O2/c1-3-5-6-4-2;1-2-9-3(8)4(5,6)7/h3-6H2,1-2H3;2H2,1H3. The summed E-state index contributed by atoms with van der Waals surface area (Å²) < 4.78 is 2.44. The van der Waals surface area contributed by atoms with Crippen LogP contribution in [-0.2, 0) is 9.53 Å². The molecule has 0 aliphatic heterocycles. The van der Waals surface area contributed by atoms with Crippen LogP contribution in [-0.4, -0.2) is 16.4 Å². The van der Waals surface area contributed by atoms with E-state index in [9.17, 15) is 4.79 Å². The van der Waals surface area contributed by atoms with E-state index in [1.165, 1.54) is 25.7 Å². The third-order valence-corrected chi connectivity index (χ3v) is 1.93. The maximum Gasteiger partial charge on any atom is 0.358 e. The van der Waals surface area contributed by atoms with Crippen molar-refractivity contribution in [1.29, 1.82) is 0 Å². The number of unbranched alkanes of at least 4 members (excludes halogenated alkanes) is 3. The van der Waals surface area contributed by atoms with Gasteiger partial charge in [0, 0.05) is 0 Å². The van der Waals surface area contributed by atoms with E-state index >= 15 is 0 Å². The summed E-state index contributed by atoms with van der Waals surface area (Å²) >= 11 is 15.4. The number of carbonyl (C=O) groups is 1. The molecule has 0 spiro atoms. The van der Waals surface area contributed by atoms with Gasteiger partial charge in [0.2, 0.25) is 0 Å². The predicted molar refractivity (Wildman–Crippen MR) is 66.7 cm³/mol. The first kappa shape index (κ1) is 17.7. The van der Waals surface area contributed by atoms with Gasteiger partial charge in [0.25, 0.3) is 3.79 Å². The molecule has 0 bridgehead atoms. The Morgan fingerprint density at radius 3 is 1.60 bits per heavy atom. The molecule has 0 aromatic rings. The summed E-state index contributed by atoms with van der Waals surface area (Å²) in [7, 11) is 0. The number of alkyl halides is 3. The minimum Gasteiger partial charge on any atom is -0.463 e. The lowest BCUT2D eigenvalue weighted by Crippen LogP contribution is -2.21. The highest BCUT2D eigenvalue weighted by atomic mass is 35.6. The molecule has 15 heavy (non-hydrogen) atoms. The molecule has 92 valence electrons. The van der Waals surface area contributed by atoms with Crippen molar-refractivity contribution in [2.24, 2.45) is 0 Å².